The Bertz CT molecular complexity index is 277. The zero-order chi connectivity index (χ0) is 12.3. The minimum Gasteiger partial charge on any atom is -0.379 e. The van der Waals surface area contributed by atoms with E-state index >= 15 is 0 Å². The fourth-order valence-corrected chi connectivity index (χ4v) is 2.06. The van der Waals surface area contributed by atoms with E-state index in [-0.39, 0.29) is 6.10 Å². The molecule has 0 saturated heterocycles. The molecule has 0 heterocycles. The van der Waals surface area contributed by atoms with Crippen molar-refractivity contribution in [3.63, 3.8) is 0 Å². The lowest BCUT2D eigenvalue weighted by atomic mass is 10.1. The summed E-state index contributed by atoms with van der Waals surface area (Å²) >= 11 is 3.48. The van der Waals surface area contributed by atoms with E-state index in [4.69, 9.17) is 9.47 Å². The van der Waals surface area contributed by atoms with Gasteiger partial charge in [0, 0.05) is 11.9 Å². The molecule has 0 aliphatic carbocycles. The standard InChI is InChI=1S/C14H21BrO2/c1-2-3-9-16-10-11-17-14(12-15)13-7-5-4-6-8-13/h4-8,14H,2-3,9-12H2,1H3. The minimum atomic E-state index is 0.117. The highest BCUT2D eigenvalue weighted by Gasteiger charge is 2.09. The van der Waals surface area contributed by atoms with E-state index in [1.165, 1.54) is 12.0 Å². The molecule has 1 aromatic rings. The molecule has 0 aliphatic heterocycles. The third-order valence-electron chi connectivity index (χ3n) is 2.50. The van der Waals surface area contributed by atoms with E-state index in [2.05, 4.69) is 35.0 Å². The molecule has 0 amide bonds. The molecule has 3 heteroatoms. The fraction of sp³-hybridized carbons (Fsp3) is 0.571. The summed E-state index contributed by atoms with van der Waals surface area (Å²) in [5.41, 5.74) is 1.21. The number of ether oxygens (including phenoxy) is 2. The predicted octanol–water partition coefficient (Wildman–Crippen LogP) is 3.96. The Morgan fingerprint density at radius 2 is 1.88 bits per heavy atom. The van der Waals surface area contributed by atoms with Crippen molar-refractivity contribution in [3.8, 4) is 0 Å². The van der Waals surface area contributed by atoms with Crippen molar-refractivity contribution < 1.29 is 9.47 Å². The van der Waals surface area contributed by atoms with E-state index in [0.29, 0.717) is 13.2 Å². The van der Waals surface area contributed by atoms with Gasteiger partial charge >= 0.3 is 0 Å². The van der Waals surface area contributed by atoms with Crippen LogP contribution >= 0.6 is 15.9 Å². The Labute approximate surface area is 112 Å². The van der Waals surface area contributed by atoms with Gasteiger partial charge in [-0.2, -0.15) is 0 Å². The molecule has 0 aromatic heterocycles. The SMILES string of the molecule is CCCCOCCOC(CBr)c1ccccc1. The molecule has 1 aromatic carbocycles. The number of unbranched alkanes of at least 4 members (excludes halogenated alkanes) is 1. The molecule has 0 saturated carbocycles. The first-order valence-corrected chi connectivity index (χ1v) is 7.31. The normalized spacial score (nSPS) is 12.6. The molecule has 0 spiro atoms. The second-order valence-electron chi connectivity index (χ2n) is 3.89. The van der Waals surface area contributed by atoms with Gasteiger partial charge in [0.25, 0.3) is 0 Å². The number of halogens is 1. The van der Waals surface area contributed by atoms with Gasteiger partial charge in [-0.1, -0.05) is 59.6 Å². The van der Waals surface area contributed by atoms with Crippen LogP contribution in [0.1, 0.15) is 31.4 Å². The number of alkyl halides is 1. The summed E-state index contributed by atoms with van der Waals surface area (Å²) in [6.45, 7) is 4.32. The Kier molecular flexibility index (Phi) is 8.32. The smallest absolute Gasteiger partial charge is 0.0922 e. The summed E-state index contributed by atoms with van der Waals surface area (Å²) in [7, 11) is 0. The third-order valence-corrected chi connectivity index (χ3v) is 3.09. The maximum atomic E-state index is 5.79. The topological polar surface area (TPSA) is 18.5 Å². The van der Waals surface area contributed by atoms with Crippen LogP contribution in [0.15, 0.2) is 30.3 Å². The van der Waals surface area contributed by atoms with Crippen LogP contribution in [0.5, 0.6) is 0 Å². The Morgan fingerprint density at radius 1 is 1.12 bits per heavy atom. The van der Waals surface area contributed by atoms with E-state index in [9.17, 15) is 0 Å². The summed E-state index contributed by atoms with van der Waals surface area (Å²) in [5, 5.41) is 0.811. The molecular weight excluding hydrogens is 280 g/mol. The first-order valence-electron chi connectivity index (χ1n) is 6.18. The summed E-state index contributed by atoms with van der Waals surface area (Å²) < 4.78 is 11.3. The first kappa shape index (κ1) is 14.7. The van der Waals surface area contributed by atoms with Crippen LogP contribution in [0.25, 0.3) is 0 Å². The predicted molar refractivity (Wildman–Crippen MR) is 74.7 cm³/mol. The Hall–Kier alpha value is -0.380. The van der Waals surface area contributed by atoms with Crippen LogP contribution < -0.4 is 0 Å². The highest BCUT2D eigenvalue weighted by molar-refractivity contribution is 9.09. The van der Waals surface area contributed by atoms with E-state index in [0.717, 1.165) is 18.4 Å². The first-order chi connectivity index (χ1) is 8.38. The van der Waals surface area contributed by atoms with E-state index < -0.39 is 0 Å². The monoisotopic (exact) mass is 300 g/mol. The molecule has 0 aliphatic rings. The maximum absolute atomic E-state index is 5.79. The highest BCUT2D eigenvalue weighted by Crippen LogP contribution is 2.18. The summed E-state index contributed by atoms with van der Waals surface area (Å²) in [6.07, 6.45) is 2.42. The van der Waals surface area contributed by atoms with Crippen molar-refractivity contribution in [1.82, 2.24) is 0 Å². The highest BCUT2D eigenvalue weighted by atomic mass is 79.9. The van der Waals surface area contributed by atoms with Gasteiger partial charge in [-0.25, -0.2) is 0 Å². The van der Waals surface area contributed by atoms with Crippen molar-refractivity contribution in [3.05, 3.63) is 35.9 Å². The van der Waals surface area contributed by atoms with Crippen LogP contribution in [0.3, 0.4) is 0 Å². The van der Waals surface area contributed by atoms with Crippen LogP contribution in [0, 0.1) is 0 Å². The summed E-state index contributed by atoms with van der Waals surface area (Å²) in [6, 6.07) is 10.3. The molecule has 0 bridgehead atoms. The van der Waals surface area contributed by atoms with Crippen molar-refractivity contribution in [2.45, 2.75) is 25.9 Å². The molecule has 0 N–H and O–H groups in total. The van der Waals surface area contributed by atoms with Crippen molar-refractivity contribution in [1.29, 1.82) is 0 Å². The molecule has 0 radical (unpaired) electrons. The lowest BCUT2D eigenvalue weighted by Gasteiger charge is -2.15. The number of hydrogen-bond acceptors (Lipinski definition) is 2. The van der Waals surface area contributed by atoms with Crippen LogP contribution in [0.2, 0.25) is 0 Å². The second-order valence-corrected chi connectivity index (χ2v) is 4.54. The van der Waals surface area contributed by atoms with Crippen molar-refractivity contribution in [2.24, 2.45) is 0 Å². The lowest BCUT2D eigenvalue weighted by Crippen LogP contribution is -2.11. The number of rotatable bonds is 9. The quantitative estimate of drug-likeness (QED) is 0.508. The Balaban J connectivity index is 2.20. The van der Waals surface area contributed by atoms with Gasteiger partial charge in [0.2, 0.25) is 0 Å². The van der Waals surface area contributed by atoms with Gasteiger partial charge in [0.1, 0.15) is 0 Å². The van der Waals surface area contributed by atoms with Gasteiger partial charge in [-0.05, 0) is 12.0 Å². The van der Waals surface area contributed by atoms with Crippen molar-refractivity contribution in [2.75, 3.05) is 25.2 Å². The summed E-state index contributed by atoms with van der Waals surface area (Å²) in [5.74, 6) is 0. The molecule has 17 heavy (non-hydrogen) atoms. The number of benzene rings is 1. The molecule has 1 atom stereocenters. The molecule has 0 fully saturated rings. The molecule has 96 valence electrons. The largest absolute Gasteiger partial charge is 0.379 e. The number of hydrogen-bond donors (Lipinski definition) is 0. The van der Waals surface area contributed by atoms with E-state index in [1.54, 1.807) is 0 Å². The van der Waals surface area contributed by atoms with Gasteiger partial charge in [0.15, 0.2) is 0 Å². The van der Waals surface area contributed by atoms with Gasteiger partial charge < -0.3 is 9.47 Å². The zero-order valence-corrected chi connectivity index (χ0v) is 12.0. The lowest BCUT2D eigenvalue weighted by molar-refractivity contribution is 0.0133. The Morgan fingerprint density at radius 3 is 2.53 bits per heavy atom. The van der Waals surface area contributed by atoms with E-state index in [1.807, 2.05) is 18.2 Å². The van der Waals surface area contributed by atoms with Crippen LogP contribution in [-0.2, 0) is 9.47 Å². The fourth-order valence-electron chi connectivity index (χ4n) is 1.50. The summed E-state index contributed by atoms with van der Waals surface area (Å²) in [4.78, 5) is 0. The maximum Gasteiger partial charge on any atom is 0.0922 e. The second kappa shape index (κ2) is 9.63. The molecule has 1 unspecified atom stereocenters. The molecule has 2 nitrogen and oxygen atoms in total. The van der Waals surface area contributed by atoms with Crippen molar-refractivity contribution >= 4 is 15.9 Å². The zero-order valence-electron chi connectivity index (χ0n) is 10.4. The van der Waals surface area contributed by atoms with Gasteiger partial charge in [0.05, 0.1) is 19.3 Å². The molecular formula is C14H21BrO2. The average molecular weight is 301 g/mol. The van der Waals surface area contributed by atoms with Crippen LogP contribution in [-0.4, -0.2) is 25.2 Å². The third kappa shape index (κ3) is 6.20. The average Bonchev–Trinajstić information content (AvgIpc) is 2.39. The van der Waals surface area contributed by atoms with Gasteiger partial charge in [-0.3, -0.25) is 0 Å². The minimum absolute atomic E-state index is 0.117. The van der Waals surface area contributed by atoms with Gasteiger partial charge in [-0.15, -0.1) is 0 Å². The van der Waals surface area contributed by atoms with Crippen LogP contribution in [0.4, 0.5) is 0 Å². The molecule has 1 rings (SSSR count).